The zero-order valence-electron chi connectivity index (χ0n) is 16.7. The third-order valence-corrected chi connectivity index (χ3v) is 4.63. The molecule has 1 unspecified atom stereocenters. The zero-order valence-corrected chi connectivity index (χ0v) is 16.7. The van der Waals surface area contributed by atoms with Gasteiger partial charge in [-0.2, -0.15) is 13.2 Å². The van der Waals surface area contributed by atoms with Crippen LogP contribution in [0.4, 0.5) is 17.6 Å². The standard InChI is InChI=1S/C9H7F4NO.C9H16O2.C2H6/c10-8-2-6(4-14-5-15)1-7(3-8)9(11,12)13;1-7(10)9(2)5-3-8(11)4-6-9;1-2/h1-3,5H,4H2,(H,14,15);7,10H,3-6H2,1-2H3;1-2H3. The lowest BCUT2D eigenvalue weighted by molar-refractivity contribution is -0.137. The lowest BCUT2D eigenvalue weighted by Gasteiger charge is -2.35. The van der Waals surface area contributed by atoms with Gasteiger partial charge in [0.2, 0.25) is 6.41 Å². The fraction of sp³-hybridized carbons (Fsp3) is 0.600. The maximum absolute atomic E-state index is 12.8. The molecule has 0 saturated heterocycles. The molecule has 2 N–H and O–H groups in total. The van der Waals surface area contributed by atoms with E-state index < -0.39 is 17.6 Å². The van der Waals surface area contributed by atoms with Crippen LogP contribution in [0.1, 0.15) is 64.5 Å². The molecular formula is C20H29F4NO3. The topological polar surface area (TPSA) is 66.4 Å². The molecule has 1 aromatic rings. The van der Waals surface area contributed by atoms with Crippen LogP contribution in [-0.4, -0.2) is 23.4 Å². The second kappa shape index (κ2) is 11.8. The fourth-order valence-corrected chi connectivity index (χ4v) is 2.59. The van der Waals surface area contributed by atoms with Crippen LogP contribution in [-0.2, 0) is 22.3 Å². The summed E-state index contributed by atoms with van der Waals surface area (Å²) in [6.07, 6.45) is -1.53. The lowest BCUT2D eigenvalue weighted by Crippen LogP contribution is -2.34. The van der Waals surface area contributed by atoms with Gasteiger partial charge in [-0.1, -0.05) is 20.8 Å². The first-order valence-electron chi connectivity index (χ1n) is 9.21. The fourth-order valence-electron chi connectivity index (χ4n) is 2.59. The molecule has 1 aliphatic rings. The predicted octanol–water partition coefficient (Wildman–Crippen LogP) is 4.63. The number of nitrogens with one attached hydrogen (secondary N) is 1. The minimum absolute atomic E-state index is 0.00604. The average molecular weight is 407 g/mol. The molecule has 0 spiro atoms. The van der Waals surface area contributed by atoms with Crippen LogP contribution >= 0.6 is 0 Å². The van der Waals surface area contributed by atoms with Gasteiger partial charge in [-0.25, -0.2) is 4.39 Å². The van der Waals surface area contributed by atoms with Gasteiger partial charge in [-0.3, -0.25) is 9.59 Å². The van der Waals surface area contributed by atoms with Gasteiger partial charge in [0.15, 0.2) is 0 Å². The van der Waals surface area contributed by atoms with E-state index in [4.69, 9.17) is 0 Å². The monoisotopic (exact) mass is 407 g/mol. The van der Waals surface area contributed by atoms with Crippen molar-refractivity contribution in [1.29, 1.82) is 0 Å². The van der Waals surface area contributed by atoms with E-state index in [1.54, 1.807) is 0 Å². The zero-order chi connectivity index (χ0) is 22.0. The minimum atomic E-state index is -4.59. The van der Waals surface area contributed by atoms with Crippen molar-refractivity contribution in [3.05, 3.63) is 35.1 Å². The van der Waals surface area contributed by atoms with E-state index in [0.29, 0.717) is 31.1 Å². The van der Waals surface area contributed by atoms with Crippen molar-refractivity contribution in [1.82, 2.24) is 5.32 Å². The number of hydrogen-bond donors (Lipinski definition) is 2. The Morgan fingerprint density at radius 3 is 2.18 bits per heavy atom. The highest BCUT2D eigenvalue weighted by Crippen LogP contribution is 2.37. The Hall–Kier alpha value is -1.96. The van der Waals surface area contributed by atoms with Gasteiger partial charge in [0.25, 0.3) is 0 Å². The van der Waals surface area contributed by atoms with Gasteiger partial charge in [0, 0.05) is 19.4 Å². The summed E-state index contributed by atoms with van der Waals surface area (Å²) in [7, 11) is 0. The molecule has 2 rings (SSSR count). The van der Waals surface area contributed by atoms with Crippen molar-refractivity contribution in [3.8, 4) is 0 Å². The van der Waals surface area contributed by atoms with Gasteiger partial charge < -0.3 is 10.4 Å². The third kappa shape index (κ3) is 8.82. The number of benzene rings is 1. The number of carbonyl (C=O) groups is 2. The number of ketones is 1. The van der Waals surface area contributed by atoms with E-state index in [1.165, 1.54) is 0 Å². The Balaban J connectivity index is 0.000000497. The Labute approximate surface area is 163 Å². The molecule has 0 aliphatic heterocycles. The van der Waals surface area contributed by atoms with E-state index in [0.717, 1.165) is 25.0 Å². The first-order chi connectivity index (χ1) is 13.0. The molecule has 28 heavy (non-hydrogen) atoms. The number of carbonyl (C=O) groups excluding carboxylic acids is 2. The highest BCUT2D eigenvalue weighted by molar-refractivity contribution is 5.79. The summed E-state index contributed by atoms with van der Waals surface area (Å²) in [5.41, 5.74) is -1.01. The van der Waals surface area contributed by atoms with E-state index >= 15 is 0 Å². The molecule has 0 heterocycles. The normalized spacial score (nSPS) is 16.7. The number of alkyl halides is 3. The van der Waals surface area contributed by atoms with Crippen LogP contribution in [0.2, 0.25) is 0 Å². The summed E-state index contributed by atoms with van der Waals surface area (Å²) in [5.74, 6) is -0.629. The van der Waals surface area contributed by atoms with Crippen molar-refractivity contribution in [2.45, 2.75) is 72.2 Å². The molecule has 0 radical (unpaired) electrons. The Kier molecular flexibility index (Phi) is 11.0. The van der Waals surface area contributed by atoms with Gasteiger partial charge in [-0.05, 0) is 48.9 Å². The number of aliphatic hydroxyl groups is 1. The molecule has 0 bridgehead atoms. The van der Waals surface area contributed by atoms with E-state index in [1.807, 2.05) is 20.8 Å². The van der Waals surface area contributed by atoms with Crippen LogP contribution in [0.5, 0.6) is 0 Å². The highest BCUT2D eigenvalue weighted by atomic mass is 19.4. The summed E-state index contributed by atoms with van der Waals surface area (Å²) in [6.45, 7) is 7.74. The van der Waals surface area contributed by atoms with Gasteiger partial charge in [0.1, 0.15) is 11.6 Å². The molecular weight excluding hydrogens is 378 g/mol. The molecule has 1 amide bonds. The molecule has 4 nitrogen and oxygen atoms in total. The van der Waals surface area contributed by atoms with Crippen molar-refractivity contribution in [2.75, 3.05) is 0 Å². The Bertz CT molecular complexity index is 620. The minimum Gasteiger partial charge on any atom is -0.393 e. The number of hydrogen-bond acceptors (Lipinski definition) is 3. The lowest BCUT2D eigenvalue weighted by atomic mass is 9.72. The van der Waals surface area contributed by atoms with Crippen LogP contribution in [0.15, 0.2) is 18.2 Å². The smallest absolute Gasteiger partial charge is 0.393 e. The highest BCUT2D eigenvalue weighted by Gasteiger charge is 2.34. The first-order valence-corrected chi connectivity index (χ1v) is 9.21. The number of rotatable bonds is 4. The SMILES string of the molecule is CC.CC(O)C1(C)CCC(=O)CC1.O=CNCc1cc(F)cc(C(F)(F)F)c1. The summed E-state index contributed by atoms with van der Waals surface area (Å²) >= 11 is 0. The summed E-state index contributed by atoms with van der Waals surface area (Å²) in [5, 5.41) is 11.6. The third-order valence-electron chi connectivity index (χ3n) is 4.63. The average Bonchev–Trinajstić information content (AvgIpc) is 2.63. The first kappa shape index (κ1) is 26.0. The van der Waals surface area contributed by atoms with E-state index in [9.17, 15) is 32.3 Å². The molecule has 160 valence electrons. The quantitative estimate of drug-likeness (QED) is 0.565. The second-order valence-electron chi connectivity index (χ2n) is 6.71. The summed E-state index contributed by atoms with van der Waals surface area (Å²) in [6, 6.07) is 2.13. The van der Waals surface area contributed by atoms with Gasteiger partial charge in [0.05, 0.1) is 11.7 Å². The molecule has 1 fully saturated rings. The van der Waals surface area contributed by atoms with Crippen LogP contribution in [0.3, 0.4) is 0 Å². The number of amides is 1. The molecule has 8 heteroatoms. The van der Waals surface area contributed by atoms with Crippen molar-refractivity contribution in [2.24, 2.45) is 5.41 Å². The van der Waals surface area contributed by atoms with E-state index in [-0.39, 0.29) is 23.6 Å². The predicted molar refractivity (Wildman–Crippen MR) is 98.9 cm³/mol. The summed E-state index contributed by atoms with van der Waals surface area (Å²) in [4.78, 5) is 20.8. The maximum Gasteiger partial charge on any atom is 0.416 e. The van der Waals surface area contributed by atoms with Crippen LogP contribution in [0, 0.1) is 11.2 Å². The number of aliphatic hydroxyl groups excluding tert-OH is 1. The molecule has 0 aromatic heterocycles. The second-order valence-corrected chi connectivity index (χ2v) is 6.71. The molecule has 1 aromatic carbocycles. The van der Waals surface area contributed by atoms with Gasteiger partial charge in [-0.15, -0.1) is 0 Å². The summed E-state index contributed by atoms with van der Waals surface area (Å²) < 4.78 is 49.4. The molecule has 1 saturated carbocycles. The van der Waals surface area contributed by atoms with Crippen LogP contribution in [0.25, 0.3) is 0 Å². The van der Waals surface area contributed by atoms with E-state index in [2.05, 4.69) is 12.2 Å². The number of halogens is 4. The van der Waals surface area contributed by atoms with Crippen molar-refractivity contribution < 1.29 is 32.3 Å². The van der Waals surface area contributed by atoms with Crippen molar-refractivity contribution in [3.63, 3.8) is 0 Å². The maximum atomic E-state index is 12.8. The van der Waals surface area contributed by atoms with Crippen LogP contribution < -0.4 is 5.32 Å². The number of Topliss-reactive ketones (excluding diaryl/α,β-unsaturated/α-hetero) is 1. The van der Waals surface area contributed by atoms with Gasteiger partial charge >= 0.3 is 6.18 Å². The largest absolute Gasteiger partial charge is 0.416 e. The molecule has 1 atom stereocenters. The Morgan fingerprint density at radius 2 is 1.75 bits per heavy atom. The Morgan fingerprint density at radius 1 is 1.21 bits per heavy atom. The van der Waals surface area contributed by atoms with Crippen molar-refractivity contribution >= 4 is 12.2 Å². The molecule has 1 aliphatic carbocycles.